The van der Waals surface area contributed by atoms with Gasteiger partial charge in [-0.25, -0.2) is 14.4 Å². The molecule has 1 N–H and O–H groups in total. The van der Waals surface area contributed by atoms with Gasteiger partial charge in [0.05, 0.1) is 25.6 Å². The zero-order valence-corrected chi connectivity index (χ0v) is 16.4. The summed E-state index contributed by atoms with van der Waals surface area (Å²) >= 11 is 5.29. The maximum Gasteiger partial charge on any atom is 0.355 e. The van der Waals surface area contributed by atoms with Crippen molar-refractivity contribution in [1.82, 2.24) is 19.6 Å². The molecule has 0 spiro atoms. The third kappa shape index (κ3) is 5.39. The maximum atomic E-state index is 11.3. The second-order valence-corrected chi connectivity index (χ2v) is 5.42. The van der Waals surface area contributed by atoms with E-state index in [1.54, 1.807) is 13.8 Å². The van der Waals surface area contributed by atoms with Crippen LogP contribution in [0.15, 0.2) is 12.4 Å². The van der Waals surface area contributed by atoms with Gasteiger partial charge in [0, 0.05) is 14.1 Å². The highest BCUT2D eigenvalue weighted by atomic mass is 35.5. The highest BCUT2D eigenvalue weighted by Crippen LogP contribution is 2.12. The van der Waals surface area contributed by atoms with Crippen molar-refractivity contribution >= 4 is 34.8 Å². The molecule has 0 aliphatic heterocycles. The summed E-state index contributed by atoms with van der Waals surface area (Å²) in [6, 6.07) is 0. The number of carbonyl (C=O) groups excluding carboxylic acids is 3. The number of ether oxygens (including phenoxy) is 2. The normalized spacial score (nSPS) is 9.89. The molecule has 2 aromatic rings. The van der Waals surface area contributed by atoms with Crippen molar-refractivity contribution in [3.05, 3.63) is 34.9 Å². The fraction of sp³-hybridized carbons (Fsp3) is 0.375. The fourth-order valence-corrected chi connectivity index (χ4v) is 2.30. The Morgan fingerprint density at radius 1 is 0.929 bits per heavy atom. The van der Waals surface area contributed by atoms with E-state index in [9.17, 15) is 19.2 Å². The second kappa shape index (κ2) is 10.2. The lowest BCUT2D eigenvalue weighted by Crippen LogP contribution is -2.13. The topological polar surface area (TPSA) is 143 Å². The summed E-state index contributed by atoms with van der Waals surface area (Å²) in [7, 11) is 2.98. The minimum Gasteiger partial charge on any atom is -0.477 e. The van der Waals surface area contributed by atoms with Crippen LogP contribution in [-0.4, -0.2) is 61.0 Å². The van der Waals surface area contributed by atoms with E-state index in [1.165, 1.54) is 31.2 Å². The number of hydrogen-bond donors (Lipinski definition) is 1. The fourth-order valence-electron chi connectivity index (χ4n) is 2.08. The molecule has 0 fully saturated rings. The van der Waals surface area contributed by atoms with Gasteiger partial charge >= 0.3 is 17.9 Å². The van der Waals surface area contributed by atoms with Crippen LogP contribution in [0.5, 0.6) is 0 Å². The van der Waals surface area contributed by atoms with E-state index in [4.69, 9.17) is 21.4 Å². The zero-order valence-electron chi connectivity index (χ0n) is 15.6. The third-order valence-corrected chi connectivity index (χ3v) is 3.44. The molecule has 2 rings (SSSR count). The molecule has 11 nitrogen and oxygen atoms in total. The molecule has 0 unspecified atom stereocenters. The number of aryl methyl sites for hydroxylation is 2. The van der Waals surface area contributed by atoms with Crippen molar-refractivity contribution in [2.24, 2.45) is 14.1 Å². The van der Waals surface area contributed by atoms with Crippen LogP contribution in [0.2, 0.25) is 0 Å². The van der Waals surface area contributed by atoms with Crippen molar-refractivity contribution in [1.29, 1.82) is 0 Å². The molecular formula is C16H19ClN4O7. The van der Waals surface area contributed by atoms with Crippen LogP contribution >= 0.6 is 11.6 Å². The van der Waals surface area contributed by atoms with E-state index in [0.29, 0.717) is 0 Å². The van der Waals surface area contributed by atoms with E-state index < -0.39 is 23.2 Å². The third-order valence-electron chi connectivity index (χ3n) is 3.26. The van der Waals surface area contributed by atoms with Crippen molar-refractivity contribution in [2.75, 3.05) is 13.2 Å². The van der Waals surface area contributed by atoms with Crippen LogP contribution in [-0.2, 0) is 23.6 Å². The number of esters is 2. The number of nitrogens with zero attached hydrogens (tertiary/aromatic N) is 4. The van der Waals surface area contributed by atoms with Crippen LogP contribution in [0.4, 0.5) is 0 Å². The molecule has 152 valence electrons. The predicted molar refractivity (Wildman–Crippen MR) is 95.5 cm³/mol. The monoisotopic (exact) mass is 414 g/mol. The number of carbonyl (C=O) groups is 4. The Morgan fingerprint density at radius 3 is 1.68 bits per heavy atom. The van der Waals surface area contributed by atoms with Crippen molar-refractivity contribution in [3.63, 3.8) is 0 Å². The quantitative estimate of drug-likeness (QED) is 0.545. The highest BCUT2D eigenvalue weighted by molar-refractivity contribution is 6.68. The van der Waals surface area contributed by atoms with E-state index in [0.717, 1.165) is 4.68 Å². The van der Waals surface area contributed by atoms with Gasteiger partial charge in [0.25, 0.3) is 5.24 Å². The molecule has 0 aliphatic carbocycles. The molecule has 0 radical (unpaired) electrons. The van der Waals surface area contributed by atoms with Gasteiger partial charge in [0.2, 0.25) is 0 Å². The molecule has 0 aromatic carbocycles. The van der Waals surface area contributed by atoms with Gasteiger partial charge in [-0.1, -0.05) is 0 Å². The number of hydrogen-bond acceptors (Lipinski definition) is 8. The minimum atomic E-state index is -1.20. The molecule has 12 heteroatoms. The van der Waals surface area contributed by atoms with Gasteiger partial charge in [-0.3, -0.25) is 14.2 Å². The number of aromatic nitrogens is 4. The largest absolute Gasteiger partial charge is 0.477 e. The first-order valence-corrected chi connectivity index (χ1v) is 8.34. The van der Waals surface area contributed by atoms with Crippen LogP contribution in [0, 0.1) is 0 Å². The predicted octanol–water partition coefficient (Wildman–Crippen LogP) is 1.27. The lowest BCUT2D eigenvalue weighted by atomic mass is 10.2. The SMILES string of the molecule is CCOC(=O)c1cnn(C)c1C(=O)Cl.CCOC(=O)c1cnn(C)c1C(=O)O. The van der Waals surface area contributed by atoms with Crippen LogP contribution in [0.3, 0.4) is 0 Å². The number of carboxylic acid groups (broad SMARTS) is 1. The smallest absolute Gasteiger partial charge is 0.355 e. The first kappa shape index (κ1) is 22.8. The van der Waals surface area contributed by atoms with Crippen LogP contribution in [0.25, 0.3) is 0 Å². The molecule has 0 bridgehead atoms. The van der Waals surface area contributed by atoms with Crippen LogP contribution < -0.4 is 0 Å². The summed E-state index contributed by atoms with van der Waals surface area (Å²) < 4.78 is 11.8. The Balaban J connectivity index is 0.000000280. The van der Waals surface area contributed by atoms with Gasteiger partial charge in [0.15, 0.2) is 5.69 Å². The lowest BCUT2D eigenvalue weighted by molar-refractivity contribution is 0.0510. The number of halogens is 1. The summed E-state index contributed by atoms with van der Waals surface area (Å²) in [6.45, 7) is 3.77. The summed E-state index contributed by atoms with van der Waals surface area (Å²) in [5.74, 6) is -2.46. The Kier molecular flexibility index (Phi) is 8.32. The summed E-state index contributed by atoms with van der Waals surface area (Å²) in [4.78, 5) is 44.2. The molecule has 0 atom stereocenters. The Bertz CT molecular complexity index is 815. The maximum absolute atomic E-state index is 11.3. The van der Waals surface area contributed by atoms with Gasteiger partial charge in [-0.05, 0) is 25.4 Å². The number of rotatable bonds is 6. The average Bonchev–Trinajstić information content (AvgIpc) is 3.19. The molecule has 2 aromatic heterocycles. The van der Waals surface area contributed by atoms with E-state index >= 15 is 0 Å². The van der Waals surface area contributed by atoms with Crippen molar-refractivity contribution in [3.8, 4) is 0 Å². The second-order valence-electron chi connectivity index (χ2n) is 5.08. The first-order chi connectivity index (χ1) is 13.1. The summed E-state index contributed by atoms with van der Waals surface area (Å²) in [6.07, 6.45) is 2.44. The Hall–Kier alpha value is -3.21. The molecule has 0 saturated carbocycles. The molecule has 2 heterocycles. The van der Waals surface area contributed by atoms with E-state index in [-0.39, 0.29) is 35.7 Å². The molecule has 0 saturated heterocycles. The lowest BCUT2D eigenvalue weighted by Gasteiger charge is -2.00. The zero-order chi connectivity index (χ0) is 21.4. The molecule has 0 amide bonds. The van der Waals surface area contributed by atoms with Crippen LogP contribution in [0.1, 0.15) is 55.5 Å². The number of aromatic carboxylic acids is 1. The standard InChI is InChI=1S/C8H9ClN2O3.C8H10N2O4/c1-3-14-8(13)5-4-10-11(2)6(5)7(9)12;1-3-14-8(13)5-4-9-10(2)6(5)7(11)12/h4H,3H2,1-2H3;4H,3H2,1-2H3,(H,11,12). The average molecular weight is 415 g/mol. The Labute approximate surface area is 164 Å². The molecule has 28 heavy (non-hydrogen) atoms. The van der Waals surface area contributed by atoms with Gasteiger partial charge in [-0.2, -0.15) is 10.2 Å². The molecule has 0 aliphatic rings. The minimum absolute atomic E-state index is 0.0261. The van der Waals surface area contributed by atoms with Crippen molar-refractivity contribution < 1.29 is 33.8 Å². The van der Waals surface area contributed by atoms with Gasteiger partial charge < -0.3 is 14.6 Å². The van der Waals surface area contributed by atoms with E-state index in [2.05, 4.69) is 14.9 Å². The molecular weight excluding hydrogens is 396 g/mol. The van der Waals surface area contributed by atoms with Crippen molar-refractivity contribution in [2.45, 2.75) is 13.8 Å². The van der Waals surface area contributed by atoms with Gasteiger partial charge in [0.1, 0.15) is 16.8 Å². The first-order valence-electron chi connectivity index (χ1n) is 7.96. The van der Waals surface area contributed by atoms with Gasteiger partial charge in [-0.15, -0.1) is 0 Å². The Morgan fingerprint density at radius 2 is 1.32 bits per heavy atom. The summed E-state index contributed by atoms with van der Waals surface area (Å²) in [5, 5.41) is 15.5. The van der Waals surface area contributed by atoms with E-state index in [1.807, 2.05) is 0 Å². The number of carboxylic acids is 1. The highest BCUT2D eigenvalue weighted by Gasteiger charge is 2.22. The summed E-state index contributed by atoms with van der Waals surface area (Å²) in [5.41, 5.74) is -0.0511.